The molecule has 0 heterocycles. The molecule has 4 nitrogen and oxygen atoms in total. The zero-order valence-electron chi connectivity index (χ0n) is 7.08. The van der Waals surface area contributed by atoms with Crippen molar-refractivity contribution in [3.63, 3.8) is 0 Å². The molecule has 0 aliphatic rings. The van der Waals surface area contributed by atoms with Crippen molar-refractivity contribution >= 4 is 5.91 Å². The van der Waals surface area contributed by atoms with Gasteiger partial charge in [0.2, 0.25) is 5.91 Å². The summed E-state index contributed by atoms with van der Waals surface area (Å²) in [5.74, 6) is -0.0278. The molecule has 66 valence electrons. The Balaban J connectivity index is 3.77. The molecule has 4 heteroatoms. The summed E-state index contributed by atoms with van der Waals surface area (Å²) in [4.78, 5) is 12.4. The lowest BCUT2D eigenvalue weighted by Gasteiger charge is -2.21. The standard InChI is InChI=1S/C7H16N2O2/c1-3-9(6(2)10)5-7(11)4-8/h7,11H,3-5,8H2,1-2H3. The van der Waals surface area contributed by atoms with Crippen LogP contribution in [0.5, 0.6) is 0 Å². The molecule has 11 heavy (non-hydrogen) atoms. The largest absolute Gasteiger partial charge is 0.390 e. The van der Waals surface area contributed by atoms with Crippen LogP contribution in [0, 0.1) is 0 Å². The molecule has 0 aromatic heterocycles. The van der Waals surface area contributed by atoms with E-state index in [0.29, 0.717) is 13.1 Å². The molecule has 0 bridgehead atoms. The highest BCUT2D eigenvalue weighted by Crippen LogP contribution is 1.91. The van der Waals surface area contributed by atoms with Crippen molar-refractivity contribution in [3.8, 4) is 0 Å². The fourth-order valence-corrected chi connectivity index (χ4v) is 0.809. The second kappa shape index (κ2) is 5.09. The fourth-order valence-electron chi connectivity index (χ4n) is 0.809. The van der Waals surface area contributed by atoms with Crippen molar-refractivity contribution in [2.75, 3.05) is 19.6 Å². The molecule has 0 saturated carbocycles. The third-order valence-corrected chi connectivity index (χ3v) is 1.53. The lowest BCUT2D eigenvalue weighted by atomic mass is 10.3. The third-order valence-electron chi connectivity index (χ3n) is 1.53. The molecule has 0 aromatic carbocycles. The van der Waals surface area contributed by atoms with Gasteiger partial charge in [-0.25, -0.2) is 0 Å². The van der Waals surface area contributed by atoms with Gasteiger partial charge in [-0.3, -0.25) is 4.79 Å². The fraction of sp³-hybridized carbons (Fsp3) is 0.857. The van der Waals surface area contributed by atoms with Crippen LogP contribution in [0.15, 0.2) is 0 Å². The van der Waals surface area contributed by atoms with Gasteiger partial charge in [0.25, 0.3) is 0 Å². The van der Waals surface area contributed by atoms with Crippen LogP contribution in [-0.4, -0.2) is 41.7 Å². The molecule has 1 amide bonds. The van der Waals surface area contributed by atoms with Gasteiger partial charge < -0.3 is 15.7 Å². The Morgan fingerprint density at radius 1 is 1.73 bits per heavy atom. The Morgan fingerprint density at radius 3 is 2.55 bits per heavy atom. The number of likely N-dealkylation sites (N-methyl/N-ethyl adjacent to an activating group) is 1. The van der Waals surface area contributed by atoms with E-state index < -0.39 is 6.10 Å². The minimum Gasteiger partial charge on any atom is -0.390 e. The van der Waals surface area contributed by atoms with Crippen molar-refractivity contribution in [2.45, 2.75) is 20.0 Å². The number of carbonyl (C=O) groups is 1. The predicted molar refractivity (Wildman–Crippen MR) is 43.0 cm³/mol. The van der Waals surface area contributed by atoms with Gasteiger partial charge >= 0.3 is 0 Å². The van der Waals surface area contributed by atoms with Crippen LogP contribution in [0.2, 0.25) is 0 Å². The molecule has 0 rings (SSSR count). The Morgan fingerprint density at radius 2 is 2.27 bits per heavy atom. The second-order valence-corrected chi connectivity index (χ2v) is 2.45. The summed E-state index contributed by atoms with van der Waals surface area (Å²) >= 11 is 0. The van der Waals surface area contributed by atoms with Crippen LogP contribution in [-0.2, 0) is 4.79 Å². The van der Waals surface area contributed by atoms with Crippen molar-refractivity contribution in [3.05, 3.63) is 0 Å². The van der Waals surface area contributed by atoms with Crippen LogP contribution < -0.4 is 5.73 Å². The molecule has 3 N–H and O–H groups in total. The maximum atomic E-state index is 10.8. The quantitative estimate of drug-likeness (QED) is 0.564. The average molecular weight is 160 g/mol. The first kappa shape index (κ1) is 10.4. The average Bonchev–Trinajstić information content (AvgIpc) is 1.99. The van der Waals surface area contributed by atoms with Crippen molar-refractivity contribution in [1.82, 2.24) is 4.90 Å². The molecule has 0 aliphatic heterocycles. The molecular formula is C7H16N2O2. The number of aliphatic hydroxyl groups excluding tert-OH is 1. The highest BCUT2D eigenvalue weighted by Gasteiger charge is 2.10. The van der Waals surface area contributed by atoms with E-state index in [0.717, 1.165) is 0 Å². The summed E-state index contributed by atoms with van der Waals surface area (Å²) in [5, 5.41) is 9.09. The highest BCUT2D eigenvalue weighted by atomic mass is 16.3. The smallest absolute Gasteiger partial charge is 0.219 e. The van der Waals surface area contributed by atoms with Crippen molar-refractivity contribution in [2.24, 2.45) is 5.73 Å². The monoisotopic (exact) mass is 160 g/mol. The number of hydrogen-bond acceptors (Lipinski definition) is 3. The van der Waals surface area contributed by atoms with Gasteiger partial charge in [0, 0.05) is 26.6 Å². The number of nitrogens with zero attached hydrogens (tertiary/aromatic N) is 1. The molecule has 0 spiro atoms. The molecule has 1 unspecified atom stereocenters. The minimum atomic E-state index is -0.598. The van der Waals surface area contributed by atoms with E-state index >= 15 is 0 Å². The SMILES string of the molecule is CCN(CC(O)CN)C(C)=O. The predicted octanol–water partition coefficient (Wildman–Crippen LogP) is -0.826. The van der Waals surface area contributed by atoms with Gasteiger partial charge in [0.15, 0.2) is 0 Å². The number of amides is 1. The van der Waals surface area contributed by atoms with Crippen LogP contribution >= 0.6 is 0 Å². The number of hydrogen-bond donors (Lipinski definition) is 2. The van der Waals surface area contributed by atoms with Crippen molar-refractivity contribution < 1.29 is 9.90 Å². The van der Waals surface area contributed by atoms with Gasteiger partial charge in [-0.2, -0.15) is 0 Å². The molecule has 0 radical (unpaired) electrons. The summed E-state index contributed by atoms with van der Waals surface area (Å²) in [6.45, 7) is 4.50. The minimum absolute atomic E-state index is 0.0278. The zero-order chi connectivity index (χ0) is 8.85. The normalized spacial score (nSPS) is 12.7. The van der Waals surface area contributed by atoms with Gasteiger partial charge in [0.05, 0.1) is 6.10 Å². The van der Waals surface area contributed by atoms with E-state index in [1.54, 1.807) is 4.90 Å². The Kier molecular flexibility index (Phi) is 4.81. The number of rotatable bonds is 4. The van der Waals surface area contributed by atoms with Gasteiger partial charge in [-0.1, -0.05) is 0 Å². The van der Waals surface area contributed by atoms with E-state index in [4.69, 9.17) is 10.8 Å². The maximum Gasteiger partial charge on any atom is 0.219 e. The Labute approximate surface area is 67.0 Å². The third kappa shape index (κ3) is 3.95. The first-order valence-electron chi connectivity index (χ1n) is 3.75. The maximum absolute atomic E-state index is 10.8. The molecule has 1 atom stereocenters. The lowest BCUT2D eigenvalue weighted by molar-refractivity contribution is -0.129. The van der Waals surface area contributed by atoms with Gasteiger partial charge in [-0.15, -0.1) is 0 Å². The topological polar surface area (TPSA) is 66.6 Å². The second-order valence-electron chi connectivity index (χ2n) is 2.45. The zero-order valence-corrected chi connectivity index (χ0v) is 7.08. The van der Waals surface area contributed by atoms with Crippen LogP contribution in [0.3, 0.4) is 0 Å². The van der Waals surface area contributed by atoms with Gasteiger partial charge in [0.1, 0.15) is 0 Å². The number of nitrogens with two attached hydrogens (primary N) is 1. The van der Waals surface area contributed by atoms with Crippen LogP contribution in [0.4, 0.5) is 0 Å². The number of aliphatic hydroxyl groups is 1. The summed E-state index contributed by atoms with van der Waals surface area (Å²) < 4.78 is 0. The van der Waals surface area contributed by atoms with Crippen LogP contribution in [0.25, 0.3) is 0 Å². The summed E-state index contributed by atoms with van der Waals surface area (Å²) in [5.41, 5.74) is 5.19. The molecular weight excluding hydrogens is 144 g/mol. The van der Waals surface area contributed by atoms with Crippen molar-refractivity contribution in [1.29, 1.82) is 0 Å². The molecule has 0 fully saturated rings. The molecule has 0 aliphatic carbocycles. The van der Waals surface area contributed by atoms with Gasteiger partial charge in [-0.05, 0) is 6.92 Å². The van der Waals surface area contributed by atoms with Crippen LogP contribution in [0.1, 0.15) is 13.8 Å². The summed E-state index contributed by atoms with van der Waals surface area (Å²) in [7, 11) is 0. The first-order chi connectivity index (χ1) is 5.11. The van der Waals surface area contributed by atoms with E-state index in [1.165, 1.54) is 6.92 Å². The Bertz CT molecular complexity index is 128. The Hall–Kier alpha value is -0.610. The molecule has 0 aromatic rings. The van der Waals surface area contributed by atoms with E-state index in [1.807, 2.05) is 6.92 Å². The van der Waals surface area contributed by atoms with E-state index in [2.05, 4.69) is 0 Å². The highest BCUT2D eigenvalue weighted by molar-refractivity contribution is 5.73. The summed E-state index contributed by atoms with van der Waals surface area (Å²) in [6, 6.07) is 0. The lowest BCUT2D eigenvalue weighted by Crippen LogP contribution is -2.38. The number of carbonyl (C=O) groups excluding carboxylic acids is 1. The first-order valence-corrected chi connectivity index (χ1v) is 3.75. The summed E-state index contributed by atoms with van der Waals surface area (Å²) in [6.07, 6.45) is -0.598. The van der Waals surface area contributed by atoms with E-state index in [-0.39, 0.29) is 12.5 Å². The van der Waals surface area contributed by atoms with E-state index in [9.17, 15) is 4.79 Å². The molecule has 0 saturated heterocycles.